The van der Waals surface area contributed by atoms with Gasteiger partial charge < -0.3 is 19.5 Å². The first kappa shape index (κ1) is 23.2. The molecule has 1 saturated carbocycles. The number of carbonyl (C=O) groups is 1. The minimum Gasteiger partial charge on any atom is -0.507 e. The highest BCUT2D eigenvalue weighted by molar-refractivity contribution is 7.91. The molecule has 0 aliphatic heterocycles. The summed E-state index contributed by atoms with van der Waals surface area (Å²) in [5, 5.41) is 20.7. The van der Waals surface area contributed by atoms with Gasteiger partial charge in [0.15, 0.2) is 9.84 Å². The molecule has 0 bridgehead atoms. The smallest absolute Gasteiger partial charge is 0.352 e. The summed E-state index contributed by atoms with van der Waals surface area (Å²) in [5.74, 6) is -0.292. The van der Waals surface area contributed by atoms with Gasteiger partial charge in [0.1, 0.15) is 27.8 Å². The second-order valence-electron chi connectivity index (χ2n) is 9.19. The lowest BCUT2D eigenvalue weighted by Gasteiger charge is -2.25. The molecule has 2 N–H and O–H groups in total. The van der Waals surface area contributed by atoms with Gasteiger partial charge in [-0.25, -0.2) is 13.2 Å². The van der Waals surface area contributed by atoms with Crippen LogP contribution in [-0.4, -0.2) is 34.9 Å². The van der Waals surface area contributed by atoms with E-state index in [1.807, 2.05) is 33.8 Å². The number of fused-ring (bicyclic) bond motifs is 1. The standard InChI is InChI=1S/C25H29NO6S/c1-14(2)26-20-10-15(3)24(16(4)19(20)12-21(26)25(28)29)32-18-8-9-22(27)23(11-18)33(30,31)13-17-6-5-7-17/h8-12,14,17,27H,5-7,13H2,1-4H3,(H,28,29). The molecule has 0 unspecified atom stereocenters. The number of hydrogen-bond acceptors (Lipinski definition) is 5. The molecule has 0 saturated heterocycles. The molecule has 7 nitrogen and oxygen atoms in total. The monoisotopic (exact) mass is 471 g/mol. The molecule has 0 atom stereocenters. The van der Waals surface area contributed by atoms with Crippen molar-refractivity contribution in [1.82, 2.24) is 4.57 Å². The molecule has 1 aliphatic rings. The van der Waals surface area contributed by atoms with E-state index in [0.717, 1.165) is 41.3 Å². The van der Waals surface area contributed by atoms with Crippen molar-refractivity contribution in [3.8, 4) is 17.2 Å². The SMILES string of the molecule is Cc1cc2c(cc(C(=O)O)n2C(C)C)c(C)c1Oc1ccc(O)c(S(=O)(=O)CC2CCC2)c1. The van der Waals surface area contributed by atoms with Crippen molar-refractivity contribution < 1.29 is 28.2 Å². The number of carboxylic acids is 1. The number of aryl methyl sites for hydroxylation is 2. The number of nitrogens with zero attached hydrogens (tertiary/aromatic N) is 1. The topological polar surface area (TPSA) is 106 Å². The van der Waals surface area contributed by atoms with Gasteiger partial charge in [-0.1, -0.05) is 6.42 Å². The highest BCUT2D eigenvalue weighted by Crippen LogP contribution is 2.39. The molecule has 1 aliphatic carbocycles. The van der Waals surface area contributed by atoms with Gasteiger partial charge in [-0.05, 0) is 76.3 Å². The minimum atomic E-state index is -3.64. The molecule has 0 amide bonds. The number of rotatable bonds is 7. The molecule has 1 fully saturated rings. The van der Waals surface area contributed by atoms with Crippen molar-refractivity contribution in [2.24, 2.45) is 5.92 Å². The summed E-state index contributed by atoms with van der Waals surface area (Å²) < 4.78 is 33.6. The third kappa shape index (κ3) is 4.19. The fourth-order valence-corrected chi connectivity index (χ4v) is 6.35. The van der Waals surface area contributed by atoms with Gasteiger partial charge >= 0.3 is 5.97 Å². The van der Waals surface area contributed by atoms with E-state index in [4.69, 9.17) is 4.74 Å². The van der Waals surface area contributed by atoms with Gasteiger partial charge in [0.05, 0.1) is 5.75 Å². The molecule has 1 aromatic heterocycles. The van der Waals surface area contributed by atoms with Crippen molar-refractivity contribution in [1.29, 1.82) is 0 Å². The van der Waals surface area contributed by atoms with Crippen LogP contribution in [0.1, 0.15) is 60.8 Å². The lowest BCUT2D eigenvalue weighted by atomic mass is 9.87. The van der Waals surface area contributed by atoms with Crippen LogP contribution in [0, 0.1) is 19.8 Å². The second kappa shape index (κ2) is 8.41. The van der Waals surface area contributed by atoms with Gasteiger partial charge in [-0.15, -0.1) is 0 Å². The molecule has 8 heteroatoms. The predicted octanol–water partition coefficient (Wildman–Crippen LogP) is 5.61. The number of hydrogen-bond donors (Lipinski definition) is 2. The molecule has 176 valence electrons. The molecule has 2 aromatic carbocycles. The van der Waals surface area contributed by atoms with Crippen LogP contribution in [-0.2, 0) is 9.84 Å². The van der Waals surface area contributed by atoms with Crippen LogP contribution in [0.25, 0.3) is 10.9 Å². The molecule has 0 spiro atoms. The first-order valence-corrected chi connectivity index (χ1v) is 12.8. The number of ether oxygens (including phenoxy) is 1. The Balaban J connectivity index is 1.76. The maximum Gasteiger partial charge on any atom is 0.352 e. The third-order valence-corrected chi connectivity index (χ3v) is 8.34. The second-order valence-corrected chi connectivity index (χ2v) is 11.2. The molecule has 3 aromatic rings. The van der Waals surface area contributed by atoms with E-state index in [-0.39, 0.29) is 34.1 Å². The van der Waals surface area contributed by atoms with Crippen LogP contribution < -0.4 is 4.74 Å². The zero-order valence-electron chi connectivity index (χ0n) is 19.3. The fraction of sp³-hybridized carbons (Fsp3) is 0.400. The Morgan fingerprint density at radius 1 is 1.18 bits per heavy atom. The highest BCUT2D eigenvalue weighted by atomic mass is 32.2. The normalized spacial score (nSPS) is 14.6. The Kier molecular flexibility index (Phi) is 5.90. The maximum absolute atomic E-state index is 12.9. The average molecular weight is 472 g/mol. The van der Waals surface area contributed by atoms with Crippen LogP contribution >= 0.6 is 0 Å². The summed E-state index contributed by atoms with van der Waals surface area (Å²) in [5.41, 5.74) is 2.57. The van der Waals surface area contributed by atoms with E-state index in [0.29, 0.717) is 11.5 Å². The molecular formula is C25H29NO6S. The Morgan fingerprint density at radius 3 is 2.45 bits per heavy atom. The summed E-state index contributed by atoms with van der Waals surface area (Å²) in [6, 6.07) is 7.73. The number of aromatic hydroxyl groups is 1. The Morgan fingerprint density at radius 2 is 1.88 bits per heavy atom. The van der Waals surface area contributed by atoms with Gasteiger partial charge in [0, 0.05) is 28.6 Å². The molecule has 0 radical (unpaired) electrons. The fourth-order valence-electron chi connectivity index (χ4n) is 4.54. The van der Waals surface area contributed by atoms with E-state index in [1.54, 1.807) is 10.6 Å². The molecule has 33 heavy (non-hydrogen) atoms. The molecule has 1 heterocycles. The van der Waals surface area contributed by atoms with E-state index < -0.39 is 15.8 Å². The molecule has 4 rings (SSSR count). The summed E-state index contributed by atoms with van der Waals surface area (Å²) >= 11 is 0. The number of phenolic OH excluding ortho intramolecular Hbond substituents is 1. The van der Waals surface area contributed by atoms with E-state index in [2.05, 4.69) is 0 Å². The zero-order chi connectivity index (χ0) is 24.1. The van der Waals surface area contributed by atoms with Crippen LogP contribution in [0.15, 0.2) is 35.2 Å². The zero-order valence-corrected chi connectivity index (χ0v) is 20.1. The first-order valence-electron chi connectivity index (χ1n) is 11.1. The van der Waals surface area contributed by atoms with Crippen molar-refractivity contribution in [2.45, 2.75) is 57.9 Å². The number of sulfone groups is 1. The number of aromatic carboxylic acids is 1. The highest BCUT2D eigenvalue weighted by Gasteiger charge is 2.28. The van der Waals surface area contributed by atoms with Crippen molar-refractivity contribution in [3.63, 3.8) is 0 Å². The average Bonchev–Trinajstić information content (AvgIpc) is 3.09. The Bertz CT molecular complexity index is 1350. The number of phenols is 1. The number of carboxylic acid groups (broad SMARTS) is 1. The van der Waals surface area contributed by atoms with Crippen molar-refractivity contribution in [2.75, 3.05) is 5.75 Å². The van der Waals surface area contributed by atoms with Crippen LogP contribution in [0.4, 0.5) is 0 Å². The van der Waals surface area contributed by atoms with Gasteiger partial charge in [0.25, 0.3) is 0 Å². The van der Waals surface area contributed by atoms with Gasteiger partial charge in [-0.2, -0.15) is 0 Å². The largest absolute Gasteiger partial charge is 0.507 e. The van der Waals surface area contributed by atoms with Crippen LogP contribution in [0.5, 0.6) is 17.2 Å². The maximum atomic E-state index is 12.9. The lowest BCUT2D eigenvalue weighted by molar-refractivity contribution is 0.0684. The summed E-state index contributed by atoms with van der Waals surface area (Å²) in [4.78, 5) is 11.7. The van der Waals surface area contributed by atoms with Crippen LogP contribution in [0.2, 0.25) is 0 Å². The van der Waals surface area contributed by atoms with E-state index >= 15 is 0 Å². The number of benzene rings is 2. The minimum absolute atomic E-state index is 0.0225. The quantitative estimate of drug-likeness (QED) is 0.464. The summed E-state index contributed by atoms with van der Waals surface area (Å²) in [6.45, 7) is 7.59. The summed E-state index contributed by atoms with van der Waals surface area (Å²) in [7, 11) is -3.64. The third-order valence-electron chi connectivity index (χ3n) is 6.43. The van der Waals surface area contributed by atoms with Gasteiger partial charge in [0.2, 0.25) is 0 Å². The first-order chi connectivity index (χ1) is 15.5. The predicted molar refractivity (Wildman–Crippen MR) is 126 cm³/mol. The van der Waals surface area contributed by atoms with Crippen LogP contribution in [0.3, 0.4) is 0 Å². The van der Waals surface area contributed by atoms with E-state index in [1.165, 1.54) is 18.2 Å². The summed E-state index contributed by atoms with van der Waals surface area (Å²) in [6.07, 6.45) is 2.82. The Hall–Kier alpha value is -3.00. The Labute approximate surface area is 193 Å². The number of aromatic nitrogens is 1. The van der Waals surface area contributed by atoms with E-state index in [9.17, 15) is 23.4 Å². The van der Waals surface area contributed by atoms with Crippen molar-refractivity contribution >= 4 is 26.7 Å². The van der Waals surface area contributed by atoms with Gasteiger partial charge in [-0.3, -0.25) is 0 Å². The lowest BCUT2D eigenvalue weighted by Crippen LogP contribution is -2.22. The van der Waals surface area contributed by atoms with Crippen molar-refractivity contribution in [3.05, 3.63) is 47.2 Å². The molecular weight excluding hydrogens is 442 g/mol.